The van der Waals surface area contributed by atoms with Crippen LogP contribution in [0.4, 0.5) is 20.2 Å². The highest BCUT2D eigenvalue weighted by atomic mass is 35.5. The van der Waals surface area contributed by atoms with Crippen molar-refractivity contribution in [1.29, 1.82) is 0 Å². The second-order valence-electron chi connectivity index (χ2n) is 6.26. The van der Waals surface area contributed by atoms with E-state index >= 15 is 0 Å². The van der Waals surface area contributed by atoms with Crippen LogP contribution < -0.4 is 14.8 Å². The molecular weight excluding hydrogens is 473 g/mol. The fraction of sp³-hybridized carbons (Fsp3) is 0.150. The molecule has 1 amide bonds. The molecule has 1 aromatic heterocycles. The second kappa shape index (κ2) is 10.3. The first-order valence-corrected chi connectivity index (χ1v) is 9.65. The first kappa shape index (κ1) is 23.3. The highest BCUT2D eigenvalue weighted by molar-refractivity contribution is 6.35. The van der Waals surface area contributed by atoms with Gasteiger partial charge in [0.15, 0.2) is 5.76 Å². The van der Waals surface area contributed by atoms with E-state index < -0.39 is 29.6 Å². The molecule has 1 N–H and O–H groups in total. The highest BCUT2D eigenvalue weighted by Gasteiger charge is 2.17. The number of nitro groups is 1. The number of alkyl halides is 2. The van der Waals surface area contributed by atoms with Crippen molar-refractivity contribution in [3.63, 3.8) is 0 Å². The fourth-order valence-corrected chi connectivity index (χ4v) is 2.98. The van der Waals surface area contributed by atoms with Gasteiger partial charge in [0.2, 0.25) is 0 Å². The second-order valence-corrected chi connectivity index (χ2v) is 7.10. The van der Waals surface area contributed by atoms with Crippen molar-refractivity contribution in [3.8, 4) is 11.5 Å². The number of rotatable bonds is 9. The zero-order valence-electron chi connectivity index (χ0n) is 16.0. The first-order valence-electron chi connectivity index (χ1n) is 8.89. The number of furan rings is 1. The zero-order valence-corrected chi connectivity index (χ0v) is 17.5. The van der Waals surface area contributed by atoms with E-state index in [1.165, 1.54) is 24.3 Å². The number of anilines is 1. The average Bonchev–Trinajstić information content (AvgIpc) is 3.20. The molecule has 0 aliphatic carbocycles. The van der Waals surface area contributed by atoms with Crippen LogP contribution in [0.5, 0.6) is 11.5 Å². The normalized spacial score (nSPS) is 10.8. The smallest absolute Gasteiger partial charge is 0.291 e. The number of non-ortho nitro benzene ring substituents is 1. The molecule has 0 atom stereocenters. The maximum absolute atomic E-state index is 12.4. The number of halogens is 4. The van der Waals surface area contributed by atoms with Crippen LogP contribution in [-0.2, 0) is 6.61 Å². The van der Waals surface area contributed by atoms with Crippen molar-refractivity contribution in [2.24, 2.45) is 0 Å². The van der Waals surface area contributed by atoms with E-state index in [0.29, 0.717) is 21.6 Å². The molecule has 0 aliphatic heterocycles. The summed E-state index contributed by atoms with van der Waals surface area (Å²) in [6.07, 6.45) is -2.76. The lowest BCUT2D eigenvalue weighted by Gasteiger charge is -2.09. The van der Waals surface area contributed by atoms with Gasteiger partial charge in [-0.15, -0.1) is 0 Å². The quantitative estimate of drug-likeness (QED) is 0.295. The van der Waals surface area contributed by atoms with Crippen LogP contribution in [0.2, 0.25) is 10.0 Å². The fourth-order valence-electron chi connectivity index (χ4n) is 2.51. The van der Waals surface area contributed by atoms with E-state index in [-0.39, 0.29) is 23.8 Å². The molecule has 0 bridgehead atoms. The molecule has 3 rings (SSSR count). The number of carbonyl (C=O) groups is 1. The molecule has 0 aliphatic rings. The maximum Gasteiger partial charge on any atom is 0.291 e. The largest absolute Gasteiger partial charge is 0.487 e. The number of ether oxygens (including phenoxy) is 2. The Labute approximate surface area is 189 Å². The summed E-state index contributed by atoms with van der Waals surface area (Å²) in [6, 6.07) is 10.8. The Kier molecular flexibility index (Phi) is 7.49. The topological polar surface area (TPSA) is 104 Å². The Balaban J connectivity index is 1.68. The number of nitrogens with one attached hydrogen (secondary N) is 1. The minimum Gasteiger partial charge on any atom is -0.487 e. The third kappa shape index (κ3) is 6.32. The number of nitrogens with zero attached hydrogens (tertiary/aromatic N) is 1. The van der Waals surface area contributed by atoms with Gasteiger partial charge in [-0.1, -0.05) is 23.2 Å². The van der Waals surface area contributed by atoms with Crippen molar-refractivity contribution in [1.82, 2.24) is 0 Å². The Morgan fingerprint density at radius 2 is 1.91 bits per heavy atom. The molecule has 12 heteroatoms. The molecule has 0 saturated heterocycles. The van der Waals surface area contributed by atoms with E-state index in [1.54, 1.807) is 12.1 Å². The lowest BCUT2D eigenvalue weighted by Crippen LogP contribution is -2.12. The monoisotopic (exact) mass is 486 g/mol. The van der Waals surface area contributed by atoms with Crippen LogP contribution in [0, 0.1) is 10.1 Å². The minimum atomic E-state index is -2.76. The predicted octanol–water partition coefficient (Wildman–Crippen LogP) is 5.97. The van der Waals surface area contributed by atoms with Crippen molar-refractivity contribution < 1.29 is 32.4 Å². The predicted molar refractivity (Wildman–Crippen MR) is 112 cm³/mol. The van der Waals surface area contributed by atoms with Gasteiger partial charge >= 0.3 is 0 Å². The van der Waals surface area contributed by atoms with E-state index in [4.69, 9.17) is 37.1 Å². The first-order chi connectivity index (χ1) is 15.2. The number of hydrogen-bond donors (Lipinski definition) is 1. The third-order valence-corrected chi connectivity index (χ3v) is 4.42. The van der Waals surface area contributed by atoms with Gasteiger partial charge in [-0.25, -0.2) is 8.78 Å². The lowest BCUT2D eigenvalue weighted by molar-refractivity contribution is -0.384. The molecular formula is C20H14Cl2F2N2O6. The molecule has 0 spiro atoms. The SMILES string of the molecule is O=C(Nc1cc(OCC(F)F)cc([N+](=O)[O-])c1)c1ccc(COc2ccc(Cl)cc2Cl)o1. The lowest BCUT2D eigenvalue weighted by atomic mass is 10.2. The van der Waals surface area contributed by atoms with Crippen LogP contribution in [-0.4, -0.2) is 23.9 Å². The van der Waals surface area contributed by atoms with E-state index in [2.05, 4.69) is 5.32 Å². The highest BCUT2D eigenvalue weighted by Crippen LogP contribution is 2.29. The van der Waals surface area contributed by atoms with Gasteiger partial charge in [-0.2, -0.15) is 0 Å². The Bertz CT molecular complexity index is 1140. The Morgan fingerprint density at radius 3 is 2.59 bits per heavy atom. The Morgan fingerprint density at radius 1 is 1.12 bits per heavy atom. The van der Waals surface area contributed by atoms with Gasteiger partial charge in [0.05, 0.1) is 21.7 Å². The van der Waals surface area contributed by atoms with Gasteiger partial charge < -0.3 is 19.2 Å². The van der Waals surface area contributed by atoms with Crippen molar-refractivity contribution in [2.45, 2.75) is 13.0 Å². The molecule has 2 aromatic carbocycles. The average molecular weight is 487 g/mol. The molecule has 0 saturated carbocycles. The molecule has 3 aromatic rings. The standard InChI is InChI=1S/C20H14Cl2F2N2O6/c21-11-1-3-17(16(22)5-11)31-9-14-2-4-18(32-14)20(27)25-12-6-13(26(28)29)8-15(7-12)30-10-19(23)24/h1-8,19H,9-10H2,(H,25,27). The maximum atomic E-state index is 12.4. The van der Waals surface area contributed by atoms with E-state index in [0.717, 1.165) is 12.1 Å². The van der Waals surface area contributed by atoms with Gasteiger partial charge in [0, 0.05) is 17.2 Å². The molecule has 0 radical (unpaired) electrons. The number of amides is 1. The summed E-state index contributed by atoms with van der Waals surface area (Å²) in [7, 11) is 0. The van der Waals surface area contributed by atoms with Crippen molar-refractivity contribution in [2.75, 3.05) is 11.9 Å². The summed E-state index contributed by atoms with van der Waals surface area (Å²) in [6.45, 7) is -0.981. The number of nitro benzene ring substituents is 1. The van der Waals surface area contributed by atoms with Crippen LogP contribution in [0.1, 0.15) is 16.3 Å². The van der Waals surface area contributed by atoms with Gasteiger partial charge in [-0.3, -0.25) is 14.9 Å². The Hall–Kier alpha value is -3.37. The summed E-state index contributed by atoms with van der Waals surface area (Å²) in [5.74, 6) is -0.343. The van der Waals surface area contributed by atoms with Gasteiger partial charge in [-0.05, 0) is 30.3 Å². The van der Waals surface area contributed by atoms with Gasteiger partial charge in [0.25, 0.3) is 18.0 Å². The molecule has 0 fully saturated rings. The van der Waals surface area contributed by atoms with E-state index in [1.807, 2.05) is 0 Å². The molecule has 168 valence electrons. The number of hydrogen-bond acceptors (Lipinski definition) is 6. The molecule has 1 heterocycles. The van der Waals surface area contributed by atoms with Crippen LogP contribution in [0.3, 0.4) is 0 Å². The van der Waals surface area contributed by atoms with Crippen molar-refractivity contribution >= 4 is 40.5 Å². The molecule has 0 unspecified atom stereocenters. The summed E-state index contributed by atoms with van der Waals surface area (Å²) >= 11 is 11.9. The summed E-state index contributed by atoms with van der Waals surface area (Å²) in [4.78, 5) is 22.8. The number of benzene rings is 2. The van der Waals surface area contributed by atoms with Crippen LogP contribution >= 0.6 is 23.2 Å². The summed E-state index contributed by atoms with van der Waals surface area (Å²) < 4.78 is 40.5. The van der Waals surface area contributed by atoms with Crippen LogP contribution in [0.25, 0.3) is 0 Å². The number of carbonyl (C=O) groups excluding carboxylic acids is 1. The van der Waals surface area contributed by atoms with Gasteiger partial charge in [0.1, 0.15) is 30.5 Å². The molecule has 8 nitrogen and oxygen atoms in total. The van der Waals surface area contributed by atoms with Crippen molar-refractivity contribution in [3.05, 3.63) is 80.2 Å². The summed E-state index contributed by atoms with van der Waals surface area (Å²) in [5.41, 5.74) is -0.476. The third-order valence-electron chi connectivity index (χ3n) is 3.89. The molecule has 32 heavy (non-hydrogen) atoms. The summed E-state index contributed by atoms with van der Waals surface area (Å²) in [5, 5.41) is 14.2. The van der Waals surface area contributed by atoms with E-state index in [9.17, 15) is 23.7 Å². The van der Waals surface area contributed by atoms with Crippen LogP contribution in [0.15, 0.2) is 52.9 Å². The zero-order chi connectivity index (χ0) is 23.3. The minimum absolute atomic E-state index is 0.0307.